The summed E-state index contributed by atoms with van der Waals surface area (Å²) in [5.74, 6) is -4.84. The number of nitrogens with zero attached hydrogens (tertiary/aromatic N) is 2. The normalized spacial score (nSPS) is 11.1. The highest BCUT2D eigenvalue weighted by Gasteiger charge is 2.32. The standard InChI is InChI=1S/C26H19F3N4O4S/c1-16(34)31-23-14-11-17(15-30-23)26(35)32-25-20(28)12-13-22(24(25)29)33(21-10-6-5-9-19(21)27)38(36,37)18-7-3-2-4-8-18/h2-15H,1H3,(H,32,35)(H,30,31,34). The summed E-state index contributed by atoms with van der Waals surface area (Å²) in [5, 5.41) is 4.49. The van der Waals surface area contributed by atoms with Gasteiger partial charge in [-0.2, -0.15) is 0 Å². The number of nitrogens with one attached hydrogen (secondary N) is 2. The Bertz CT molecular complexity index is 1620. The fourth-order valence-corrected chi connectivity index (χ4v) is 5.00. The van der Waals surface area contributed by atoms with Gasteiger partial charge in [0.25, 0.3) is 15.9 Å². The number of aromatic nitrogens is 1. The van der Waals surface area contributed by atoms with Crippen molar-refractivity contribution in [3.63, 3.8) is 0 Å². The van der Waals surface area contributed by atoms with Gasteiger partial charge in [-0.1, -0.05) is 30.3 Å². The van der Waals surface area contributed by atoms with Crippen molar-refractivity contribution in [3.05, 3.63) is 108 Å². The van der Waals surface area contributed by atoms with Gasteiger partial charge in [-0.15, -0.1) is 0 Å². The smallest absolute Gasteiger partial charge is 0.268 e. The number of carbonyl (C=O) groups is 2. The van der Waals surface area contributed by atoms with E-state index in [2.05, 4.69) is 15.6 Å². The van der Waals surface area contributed by atoms with Gasteiger partial charge >= 0.3 is 0 Å². The minimum Gasteiger partial charge on any atom is -0.317 e. The van der Waals surface area contributed by atoms with Crippen LogP contribution in [0.15, 0.2) is 90.0 Å². The lowest BCUT2D eigenvalue weighted by atomic mass is 10.2. The molecular weight excluding hydrogens is 521 g/mol. The van der Waals surface area contributed by atoms with Gasteiger partial charge in [0, 0.05) is 13.1 Å². The molecule has 4 rings (SSSR count). The van der Waals surface area contributed by atoms with Crippen LogP contribution in [0.4, 0.5) is 36.1 Å². The molecule has 38 heavy (non-hydrogen) atoms. The van der Waals surface area contributed by atoms with Gasteiger partial charge < -0.3 is 10.6 Å². The van der Waals surface area contributed by atoms with Gasteiger partial charge in [-0.3, -0.25) is 9.59 Å². The largest absolute Gasteiger partial charge is 0.317 e. The molecule has 3 aromatic carbocycles. The number of halogens is 3. The third-order valence-corrected chi connectivity index (χ3v) is 6.95. The van der Waals surface area contributed by atoms with Crippen molar-refractivity contribution in [1.29, 1.82) is 0 Å². The second kappa shape index (κ2) is 10.7. The lowest BCUT2D eigenvalue weighted by Crippen LogP contribution is -2.28. The van der Waals surface area contributed by atoms with E-state index in [0.717, 1.165) is 30.5 Å². The molecule has 2 amide bonds. The first kappa shape index (κ1) is 26.4. The maximum atomic E-state index is 15.8. The van der Waals surface area contributed by atoms with E-state index in [1.54, 1.807) is 6.07 Å². The summed E-state index contributed by atoms with van der Waals surface area (Å²) in [6.45, 7) is 1.27. The number of amides is 2. The highest BCUT2D eigenvalue weighted by atomic mass is 32.2. The van der Waals surface area contributed by atoms with Crippen molar-refractivity contribution < 1.29 is 31.2 Å². The van der Waals surface area contributed by atoms with Crippen molar-refractivity contribution in [3.8, 4) is 0 Å². The van der Waals surface area contributed by atoms with E-state index in [0.29, 0.717) is 4.31 Å². The summed E-state index contributed by atoms with van der Waals surface area (Å²) in [7, 11) is -4.60. The molecule has 1 heterocycles. The van der Waals surface area contributed by atoms with E-state index in [1.165, 1.54) is 55.5 Å². The van der Waals surface area contributed by atoms with Crippen molar-refractivity contribution in [2.75, 3.05) is 14.9 Å². The Labute approximate surface area is 215 Å². The first-order chi connectivity index (χ1) is 18.1. The second-order valence-corrected chi connectivity index (χ2v) is 9.64. The van der Waals surface area contributed by atoms with Crippen LogP contribution in [0, 0.1) is 17.5 Å². The molecule has 0 bridgehead atoms. The Hall–Kier alpha value is -4.71. The van der Waals surface area contributed by atoms with E-state index >= 15 is 4.39 Å². The molecule has 1 aromatic heterocycles. The number of rotatable bonds is 7. The molecule has 0 fully saturated rings. The minimum atomic E-state index is -4.60. The third kappa shape index (κ3) is 5.34. The van der Waals surface area contributed by atoms with Crippen molar-refractivity contribution in [2.45, 2.75) is 11.8 Å². The summed E-state index contributed by atoms with van der Waals surface area (Å²) in [5.41, 5.74) is -2.30. The minimum absolute atomic E-state index is 0.105. The number of sulfonamides is 1. The molecule has 0 aliphatic heterocycles. The molecule has 0 saturated carbocycles. The Balaban J connectivity index is 1.79. The summed E-state index contributed by atoms with van der Waals surface area (Å²) in [6.07, 6.45) is 1.08. The predicted molar refractivity (Wildman–Crippen MR) is 135 cm³/mol. The van der Waals surface area contributed by atoms with Gasteiger partial charge in [-0.25, -0.2) is 30.9 Å². The summed E-state index contributed by atoms with van der Waals surface area (Å²) < 4.78 is 72.9. The predicted octanol–water partition coefficient (Wildman–Crippen LogP) is 5.24. The van der Waals surface area contributed by atoms with Crippen LogP contribution < -0.4 is 14.9 Å². The maximum Gasteiger partial charge on any atom is 0.268 e. The van der Waals surface area contributed by atoms with Crippen LogP contribution in [0.25, 0.3) is 0 Å². The monoisotopic (exact) mass is 540 g/mol. The molecule has 8 nitrogen and oxygen atoms in total. The highest BCUT2D eigenvalue weighted by Crippen LogP contribution is 2.38. The van der Waals surface area contributed by atoms with E-state index in [9.17, 15) is 26.8 Å². The molecule has 12 heteroatoms. The van der Waals surface area contributed by atoms with Crippen LogP contribution in [-0.4, -0.2) is 25.2 Å². The van der Waals surface area contributed by atoms with Gasteiger partial charge in [0.15, 0.2) is 5.82 Å². The molecule has 0 saturated heterocycles. The van der Waals surface area contributed by atoms with Crippen molar-refractivity contribution in [1.82, 2.24) is 4.98 Å². The van der Waals surface area contributed by atoms with Gasteiger partial charge in [-0.05, 0) is 48.5 Å². The number of pyridine rings is 1. The van der Waals surface area contributed by atoms with Crippen LogP contribution in [-0.2, 0) is 14.8 Å². The zero-order valence-corrected chi connectivity index (χ0v) is 20.5. The maximum absolute atomic E-state index is 15.8. The number of benzene rings is 3. The highest BCUT2D eigenvalue weighted by molar-refractivity contribution is 7.93. The summed E-state index contributed by atoms with van der Waals surface area (Å²) in [4.78, 5) is 27.5. The number of anilines is 4. The topological polar surface area (TPSA) is 108 Å². The SMILES string of the molecule is CC(=O)Nc1ccc(C(=O)Nc2c(F)ccc(N(c3ccccc3F)S(=O)(=O)c3ccccc3)c2F)cn1. The number of para-hydroxylation sites is 1. The molecular formula is C26H19F3N4O4S. The number of hydrogen-bond donors (Lipinski definition) is 2. The number of carbonyl (C=O) groups excluding carboxylic acids is 2. The average molecular weight is 541 g/mol. The Kier molecular flexibility index (Phi) is 7.44. The molecule has 194 valence electrons. The van der Waals surface area contributed by atoms with Crippen molar-refractivity contribution >= 4 is 44.7 Å². The quantitative estimate of drug-likeness (QED) is 0.334. The molecule has 2 N–H and O–H groups in total. The van der Waals surface area contributed by atoms with E-state index in [1.807, 2.05) is 0 Å². The first-order valence-corrected chi connectivity index (χ1v) is 12.4. The molecule has 0 aliphatic carbocycles. The zero-order valence-electron chi connectivity index (χ0n) is 19.7. The molecule has 0 spiro atoms. The van der Waals surface area contributed by atoms with E-state index in [-0.39, 0.29) is 22.2 Å². The summed E-state index contributed by atoms with van der Waals surface area (Å²) >= 11 is 0. The van der Waals surface area contributed by atoms with Crippen LogP contribution >= 0.6 is 0 Å². The zero-order chi connectivity index (χ0) is 27.4. The van der Waals surface area contributed by atoms with Crippen LogP contribution in [0.2, 0.25) is 0 Å². The van der Waals surface area contributed by atoms with E-state index < -0.39 is 50.4 Å². The lowest BCUT2D eigenvalue weighted by Gasteiger charge is -2.26. The van der Waals surface area contributed by atoms with Gasteiger partial charge in [0.1, 0.15) is 23.1 Å². The fourth-order valence-electron chi connectivity index (χ4n) is 3.48. The molecule has 0 aliphatic rings. The Morgan fingerprint density at radius 3 is 2.11 bits per heavy atom. The van der Waals surface area contributed by atoms with Crippen molar-refractivity contribution in [2.24, 2.45) is 0 Å². The number of hydrogen-bond acceptors (Lipinski definition) is 5. The van der Waals surface area contributed by atoms with Gasteiger partial charge in [0.05, 0.1) is 21.8 Å². The van der Waals surface area contributed by atoms with Crippen LogP contribution in [0.5, 0.6) is 0 Å². The summed E-state index contributed by atoms with van der Waals surface area (Å²) in [6, 6.07) is 15.9. The van der Waals surface area contributed by atoms with Crippen LogP contribution in [0.3, 0.4) is 0 Å². The van der Waals surface area contributed by atoms with E-state index in [4.69, 9.17) is 0 Å². The Morgan fingerprint density at radius 1 is 0.789 bits per heavy atom. The average Bonchev–Trinajstić information content (AvgIpc) is 2.89. The molecule has 0 atom stereocenters. The lowest BCUT2D eigenvalue weighted by molar-refractivity contribution is -0.114. The molecule has 0 unspecified atom stereocenters. The van der Waals surface area contributed by atoms with Gasteiger partial charge in [0.2, 0.25) is 5.91 Å². The Morgan fingerprint density at radius 2 is 1.47 bits per heavy atom. The first-order valence-electron chi connectivity index (χ1n) is 11.0. The third-order valence-electron chi connectivity index (χ3n) is 5.21. The van der Waals surface area contributed by atoms with Crippen LogP contribution in [0.1, 0.15) is 17.3 Å². The fraction of sp³-hybridized carbons (Fsp3) is 0.0385. The molecule has 0 radical (unpaired) electrons. The molecule has 4 aromatic rings. The second-order valence-electron chi connectivity index (χ2n) is 7.86.